The molecule has 0 radical (unpaired) electrons. The van der Waals surface area contributed by atoms with Crippen LogP contribution >= 0.6 is 0 Å². The van der Waals surface area contributed by atoms with Crippen LogP contribution < -0.4 is 16.1 Å². The number of fused-ring (bicyclic) bond motifs is 1. The Morgan fingerprint density at radius 3 is 3.00 bits per heavy atom. The van der Waals surface area contributed by atoms with Crippen LogP contribution in [-0.2, 0) is 0 Å². The molecule has 20 heavy (non-hydrogen) atoms. The van der Waals surface area contributed by atoms with Crippen LogP contribution in [0, 0.1) is 0 Å². The summed E-state index contributed by atoms with van der Waals surface area (Å²) in [6.07, 6.45) is 1.98. The van der Waals surface area contributed by atoms with Crippen molar-refractivity contribution in [3.05, 3.63) is 46.3 Å². The van der Waals surface area contributed by atoms with E-state index in [-0.39, 0.29) is 23.1 Å². The van der Waals surface area contributed by atoms with Crippen LogP contribution in [0.4, 0.5) is 0 Å². The van der Waals surface area contributed by atoms with Crippen molar-refractivity contribution in [3.63, 3.8) is 0 Å². The summed E-state index contributed by atoms with van der Waals surface area (Å²) in [5.41, 5.74) is 0.241. The average Bonchev–Trinajstić information content (AvgIpc) is 2.48. The quantitative estimate of drug-likeness (QED) is 0.863. The number of para-hydroxylation sites is 1. The SMILES string of the molecule is O=C(N[C@@H]1CCCNC1)c1cc(=O)c2ccccc2o1. The van der Waals surface area contributed by atoms with Gasteiger partial charge in [-0.3, -0.25) is 9.59 Å². The van der Waals surface area contributed by atoms with E-state index in [2.05, 4.69) is 10.6 Å². The van der Waals surface area contributed by atoms with Crippen LogP contribution in [0.2, 0.25) is 0 Å². The molecular weight excluding hydrogens is 256 g/mol. The van der Waals surface area contributed by atoms with E-state index in [1.165, 1.54) is 6.07 Å². The molecule has 5 nitrogen and oxygen atoms in total. The lowest BCUT2D eigenvalue weighted by molar-refractivity contribution is 0.0903. The maximum atomic E-state index is 12.1. The highest BCUT2D eigenvalue weighted by Crippen LogP contribution is 2.12. The third-order valence-electron chi connectivity index (χ3n) is 3.49. The Balaban J connectivity index is 1.86. The largest absolute Gasteiger partial charge is 0.451 e. The first kappa shape index (κ1) is 12.9. The first-order valence-electron chi connectivity index (χ1n) is 6.78. The lowest BCUT2D eigenvalue weighted by atomic mass is 10.1. The molecule has 1 aromatic carbocycles. The Bertz CT molecular complexity index is 687. The lowest BCUT2D eigenvalue weighted by Gasteiger charge is -2.23. The van der Waals surface area contributed by atoms with Gasteiger partial charge in [0.25, 0.3) is 5.91 Å². The monoisotopic (exact) mass is 272 g/mol. The van der Waals surface area contributed by atoms with Gasteiger partial charge in [-0.1, -0.05) is 12.1 Å². The second kappa shape index (κ2) is 5.46. The Labute approximate surface area is 116 Å². The zero-order valence-corrected chi connectivity index (χ0v) is 11.0. The van der Waals surface area contributed by atoms with Gasteiger partial charge in [-0.15, -0.1) is 0 Å². The van der Waals surface area contributed by atoms with Crippen molar-refractivity contribution in [2.24, 2.45) is 0 Å². The fourth-order valence-corrected chi connectivity index (χ4v) is 2.45. The first-order valence-corrected chi connectivity index (χ1v) is 6.78. The van der Waals surface area contributed by atoms with E-state index < -0.39 is 0 Å². The van der Waals surface area contributed by atoms with Gasteiger partial charge < -0.3 is 15.1 Å². The van der Waals surface area contributed by atoms with Gasteiger partial charge in [0.2, 0.25) is 0 Å². The van der Waals surface area contributed by atoms with Crippen molar-refractivity contribution >= 4 is 16.9 Å². The molecule has 2 N–H and O–H groups in total. The normalized spacial score (nSPS) is 18.9. The zero-order valence-electron chi connectivity index (χ0n) is 11.0. The van der Waals surface area contributed by atoms with Crippen molar-refractivity contribution in [3.8, 4) is 0 Å². The topological polar surface area (TPSA) is 71.3 Å². The average molecular weight is 272 g/mol. The second-order valence-corrected chi connectivity index (χ2v) is 4.99. The van der Waals surface area contributed by atoms with Crippen molar-refractivity contribution in [2.45, 2.75) is 18.9 Å². The number of benzene rings is 1. The summed E-state index contributed by atoms with van der Waals surface area (Å²) in [5, 5.41) is 6.61. The van der Waals surface area contributed by atoms with Crippen molar-refractivity contribution < 1.29 is 9.21 Å². The molecule has 1 amide bonds. The van der Waals surface area contributed by atoms with Crippen LogP contribution in [0.3, 0.4) is 0 Å². The highest BCUT2D eigenvalue weighted by atomic mass is 16.3. The summed E-state index contributed by atoms with van der Waals surface area (Å²) in [5.74, 6) is -0.263. The number of piperidine rings is 1. The summed E-state index contributed by atoms with van der Waals surface area (Å²) in [6, 6.07) is 8.27. The van der Waals surface area contributed by atoms with Gasteiger partial charge in [-0.05, 0) is 31.5 Å². The molecule has 1 aliphatic heterocycles. The molecule has 2 heterocycles. The third-order valence-corrected chi connectivity index (χ3v) is 3.49. The van der Waals surface area contributed by atoms with E-state index in [1.54, 1.807) is 24.3 Å². The smallest absolute Gasteiger partial charge is 0.287 e. The molecule has 104 valence electrons. The van der Waals surface area contributed by atoms with Crippen molar-refractivity contribution in [1.29, 1.82) is 0 Å². The van der Waals surface area contributed by atoms with Crippen LogP contribution in [-0.4, -0.2) is 25.0 Å². The number of amides is 1. The fourth-order valence-electron chi connectivity index (χ4n) is 2.45. The Morgan fingerprint density at radius 1 is 1.35 bits per heavy atom. The van der Waals surface area contributed by atoms with Crippen molar-refractivity contribution in [1.82, 2.24) is 10.6 Å². The number of carbonyl (C=O) groups is 1. The van der Waals surface area contributed by atoms with E-state index in [9.17, 15) is 9.59 Å². The van der Waals surface area contributed by atoms with E-state index in [4.69, 9.17) is 4.42 Å². The molecule has 1 atom stereocenters. The lowest BCUT2D eigenvalue weighted by Crippen LogP contribution is -2.45. The highest BCUT2D eigenvalue weighted by molar-refractivity contribution is 5.93. The van der Waals surface area contributed by atoms with Gasteiger partial charge in [-0.25, -0.2) is 0 Å². The molecule has 0 aliphatic carbocycles. The number of nitrogens with one attached hydrogen (secondary N) is 2. The van der Waals surface area contributed by atoms with Gasteiger partial charge in [0, 0.05) is 18.7 Å². The Kier molecular flexibility index (Phi) is 3.52. The minimum absolute atomic E-state index is 0.0688. The Hall–Kier alpha value is -2.14. The van der Waals surface area contributed by atoms with Crippen LogP contribution in [0.5, 0.6) is 0 Å². The molecule has 0 saturated carbocycles. The summed E-state index contributed by atoms with van der Waals surface area (Å²) >= 11 is 0. The summed E-state index contributed by atoms with van der Waals surface area (Å²) in [4.78, 5) is 24.1. The van der Waals surface area contributed by atoms with Crippen LogP contribution in [0.25, 0.3) is 11.0 Å². The van der Waals surface area contributed by atoms with Gasteiger partial charge >= 0.3 is 0 Å². The van der Waals surface area contributed by atoms with Crippen LogP contribution in [0.15, 0.2) is 39.5 Å². The predicted octanol–water partition coefficient (Wildman–Crippen LogP) is 1.27. The van der Waals surface area contributed by atoms with E-state index >= 15 is 0 Å². The second-order valence-electron chi connectivity index (χ2n) is 4.99. The Morgan fingerprint density at radius 2 is 2.20 bits per heavy atom. The molecule has 1 aromatic heterocycles. The van der Waals surface area contributed by atoms with Crippen LogP contribution in [0.1, 0.15) is 23.4 Å². The first-order chi connectivity index (χ1) is 9.74. The summed E-state index contributed by atoms with van der Waals surface area (Å²) in [6.45, 7) is 1.74. The standard InChI is InChI=1S/C15H16N2O3/c18-12-8-14(20-13-6-2-1-5-11(12)13)15(19)17-10-4-3-7-16-9-10/h1-2,5-6,8,10,16H,3-4,7,9H2,(H,17,19)/t10-/m1/s1. The minimum atomic E-state index is -0.332. The summed E-state index contributed by atoms with van der Waals surface area (Å²) < 4.78 is 5.51. The number of hydrogen-bond acceptors (Lipinski definition) is 4. The molecule has 0 bridgehead atoms. The maximum absolute atomic E-state index is 12.1. The maximum Gasteiger partial charge on any atom is 0.287 e. The van der Waals surface area contributed by atoms with Crippen molar-refractivity contribution in [2.75, 3.05) is 13.1 Å². The minimum Gasteiger partial charge on any atom is -0.451 e. The molecule has 1 aliphatic rings. The molecular formula is C15H16N2O3. The molecule has 1 fully saturated rings. The summed E-state index contributed by atoms with van der Waals surface area (Å²) in [7, 11) is 0. The molecule has 5 heteroatoms. The third kappa shape index (κ3) is 2.58. The van der Waals surface area contributed by atoms with Gasteiger partial charge in [0.1, 0.15) is 5.58 Å². The molecule has 2 aromatic rings. The number of carbonyl (C=O) groups excluding carboxylic acids is 1. The van der Waals surface area contributed by atoms with Gasteiger partial charge in [-0.2, -0.15) is 0 Å². The fraction of sp³-hybridized carbons (Fsp3) is 0.333. The van der Waals surface area contributed by atoms with E-state index in [1.807, 2.05) is 0 Å². The van der Waals surface area contributed by atoms with E-state index in [0.717, 1.165) is 25.9 Å². The molecule has 1 saturated heterocycles. The predicted molar refractivity (Wildman–Crippen MR) is 75.8 cm³/mol. The molecule has 0 spiro atoms. The van der Waals surface area contributed by atoms with Gasteiger partial charge in [0.05, 0.1) is 5.39 Å². The number of hydrogen-bond donors (Lipinski definition) is 2. The zero-order chi connectivity index (χ0) is 13.9. The molecule has 0 unspecified atom stereocenters. The number of rotatable bonds is 2. The molecule has 3 rings (SSSR count). The highest BCUT2D eigenvalue weighted by Gasteiger charge is 2.18. The van der Waals surface area contributed by atoms with E-state index in [0.29, 0.717) is 11.0 Å². The van der Waals surface area contributed by atoms with Gasteiger partial charge in [0.15, 0.2) is 11.2 Å².